The molecule has 0 aliphatic heterocycles. The lowest BCUT2D eigenvalue weighted by molar-refractivity contribution is 0.539. The molecule has 3 aromatic heterocycles. The highest BCUT2D eigenvalue weighted by Crippen LogP contribution is 2.40. The summed E-state index contributed by atoms with van der Waals surface area (Å²) in [5.41, 5.74) is 21.5. The zero-order chi connectivity index (χ0) is 90.3. The first-order valence-electron chi connectivity index (χ1n) is 45.4. The maximum Gasteiger partial charge on any atom is 0.0541 e. The molecule has 646 valence electrons. The van der Waals surface area contributed by atoms with Crippen LogP contribution in [0.4, 0.5) is 34.1 Å². The number of hydrogen-bond donors (Lipinski definition) is 0. The first-order valence-corrected chi connectivity index (χ1v) is 45.4. The van der Waals surface area contributed by atoms with E-state index in [0.29, 0.717) is 18.1 Å². The topological polar surface area (TPSA) is 24.5 Å². The molecule has 0 unspecified atom stereocenters. The van der Waals surface area contributed by atoms with Crippen LogP contribution in [0.1, 0.15) is 116 Å². The molecule has 0 bridgehead atoms. The number of anilines is 6. The second-order valence-corrected chi connectivity index (χ2v) is 35.2. The maximum atomic E-state index is 2.45. The number of nitrogens with zero attached hydrogens (tertiary/aromatic N) is 6. The number of hydrogen-bond acceptors (Lipinski definition) is 3. The van der Waals surface area contributed by atoms with Gasteiger partial charge < -0.3 is 28.4 Å². The van der Waals surface area contributed by atoms with Crippen molar-refractivity contribution in [3.8, 4) is 27.9 Å². The van der Waals surface area contributed by atoms with Crippen molar-refractivity contribution in [1.82, 2.24) is 13.7 Å². The van der Waals surface area contributed by atoms with Gasteiger partial charge in [0.15, 0.2) is 0 Å². The van der Waals surface area contributed by atoms with Crippen molar-refractivity contribution >= 4 is 110 Å². The lowest BCUT2D eigenvalue weighted by atomic mass is 10.0. The highest BCUT2D eigenvalue weighted by atomic mass is 15.2. The highest BCUT2D eigenvalue weighted by molar-refractivity contribution is 6.12. The van der Waals surface area contributed by atoms with Crippen LogP contribution in [0.25, 0.3) is 104 Å². The molecule has 20 aromatic rings. The van der Waals surface area contributed by atoms with E-state index in [1.54, 1.807) is 0 Å². The Morgan fingerprint density at radius 3 is 0.742 bits per heavy atom. The lowest BCUT2D eigenvalue weighted by Gasteiger charge is -2.34. The summed E-state index contributed by atoms with van der Waals surface area (Å²) < 4.78 is 7.18. The molecule has 0 amide bonds. The van der Waals surface area contributed by atoms with E-state index in [9.17, 15) is 0 Å². The van der Waals surface area contributed by atoms with Crippen molar-refractivity contribution in [1.29, 1.82) is 0 Å². The molecule has 3 heterocycles. The summed E-state index contributed by atoms with van der Waals surface area (Å²) in [6.45, 7) is 33.0. The Bertz CT molecular complexity index is 6240. The Morgan fingerprint density at radius 2 is 0.453 bits per heavy atom. The van der Waals surface area contributed by atoms with Crippen LogP contribution in [0.3, 0.4) is 0 Å². The predicted octanol–water partition coefficient (Wildman–Crippen LogP) is 35.3. The maximum absolute atomic E-state index is 2.45. The fraction of sp³-hybridized carbons (Fsp3) is 0.180. The minimum atomic E-state index is 0.196. The molecule has 0 N–H and O–H groups in total. The van der Waals surface area contributed by atoms with Gasteiger partial charge in [-0.2, -0.15) is 0 Å². The second-order valence-electron chi connectivity index (χ2n) is 35.2. The van der Waals surface area contributed by atoms with Crippen LogP contribution in [0, 0.1) is 11.8 Å². The van der Waals surface area contributed by atoms with Gasteiger partial charge in [0.2, 0.25) is 0 Å². The Morgan fingerprint density at radius 1 is 0.219 bits per heavy atom. The molecule has 0 fully saturated rings. The predicted molar refractivity (Wildman–Crippen MR) is 562 cm³/mol. The summed E-state index contributed by atoms with van der Waals surface area (Å²) in [5, 5.41) is 10.6. The van der Waals surface area contributed by atoms with E-state index in [2.05, 4.69) is 558 Å². The Balaban J connectivity index is 0.000000136. The van der Waals surface area contributed by atoms with Gasteiger partial charge in [0.25, 0.3) is 0 Å². The van der Waals surface area contributed by atoms with Gasteiger partial charge in [0.05, 0.1) is 11.0 Å². The molecule has 0 aliphatic rings. The van der Waals surface area contributed by atoms with Crippen molar-refractivity contribution in [2.45, 2.75) is 128 Å². The van der Waals surface area contributed by atoms with Crippen molar-refractivity contribution in [2.75, 3.05) is 21.7 Å². The van der Waals surface area contributed by atoms with Gasteiger partial charge in [-0.25, -0.2) is 0 Å². The summed E-state index contributed by atoms with van der Waals surface area (Å²) in [6.07, 6.45) is 0. The number of para-hydroxylation sites is 11. The van der Waals surface area contributed by atoms with Crippen LogP contribution < -0.4 is 14.7 Å². The first kappa shape index (κ1) is 93.0. The van der Waals surface area contributed by atoms with Crippen molar-refractivity contribution in [2.24, 2.45) is 11.8 Å². The zero-order valence-electron chi connectivity index (χ0n) is 77.9. The van der Waals surface area contributed by atoms with Gasteiger partial charge in [0.1, 0.15) is 0 Å². The van der Waals surface area contributed by atoms with Crippen LogP contribution >= 0.6 is 0 Å². The Hall–Kier alpha value is -14.2. The molecule has 128 heavy (non-hydrogen) atoms. The molecule has 0 radical (unpaired) electrons. The lowest BCUT2D eigenvalue weighted by Crippen LogP contribution is -2.37. The monoisotopic (exact) mass is 1680 g/mol. The quantitative estimate of drug-likeness (QED) is 0.122. The standard InChI is InChI=1S/C27H23N.C18H13N.C18H15N.C15H15N.C15H17N.C11H17N.C10H8.2C4H10/c1-19(2)28-26-15-13-22(20-9-5-3-6-10-20)17-24(26)25-18-23(14-16-27(25)28)21-11-7-4-8-12-21;1-2-8-14(9-3-1)19-17-12-6-4-10-15(17)16-11-5-7-13-18(16)19;1-4-10-16(11-5-1)19(17-12-6-2-7-13-17)18-14-8-3-9-15-18;1-11(2)16-14-9-5-3-7-12(14)13-8-4-6-10-15(13)16;1-13(2)16(14-9-5-3-6-10-14)15-11-7-4-8-12-15;1-11(2,3)12(4)10-8-6-5-7-9-10;1-2-6-10-8-4-3-7-9(10)5-1;2*1-4(2)3/h3-19H,1-2H3;1-13H;1-15H;3-11H,1-2H3;3-13H,1-2H3;5-9H,1-4H3;1-8H;2*4H,1-3H3. The van der Waals surface area contributed by atoms with Gasteiger partial charge in [-0.3, -0.25) is 0 Å². The Kier molecular flexibility index (Phi) is 33.5. The molecule has 6 nitrogen and oxygen atoms in total. The van der Waals surface area contributed by atoms with Crippen LogP contribution in [-0.2, 0) is 0 Å². The van der Waals surface area contributed by atoms with Crippen LogP contribution in [-0.4, -0.2) is 32.3 Å². The van der Waals surface area contributed by atoms with Crippen molar-refractivity contribution in [3.63, 3.8) is 0 Å². The highest BCUT2D eigenvalue weighted by Gasteiger charge is 2.20. The fourth-order valence-corrected chi connectivity index (χ4v) is 15.8. The van der Waals surface area contributed by atoms with Gasteiger partial charge in [-0.05, 0) is 241 Å². The molecular weight excluding hydrogens is 1550 g/mol. The number of fused-ring (bicyclic) bond motifs is 10. The van der Waals surface area contributed by atoms with Crippen molar-refractivity contribution < 1.29 is 0 Å². The fourth-order valence-electron chi connectivity index (χ4n) is 15.8. The van der Waals surface area contributed by atoms with E-state index in [0.717, 1.165) is 11.8 Å². The molecule has 17 aromatic carbocycles. The third kappa shape index (κ3) is 24.7. The minimum Gasteiger partial charge on any atom is -0.370 e. The van der Waals surface area contributed by atoms with Crippen LogP contribution in [0.15, 0.2) is 455 Å². The number of benzene rings is 17. The first-order chi connectivity index (χ1) is 62.1. The molecule has 0 saturated heterocycles. The second kappa shape index (κ2) is 46.1. The van der Waals surface area contributed by atoms with Gasteiger partial charge in [0, 0.05) is 125 Å². The molecular formula is C122H128N6. The normalized spacial score (nSPS) is 10.9. The van der Waals surface area contributed by atoms with E-state index >= 15 is 0 Å². The van der Waals surface area contributed by atoms with Crippen LogP contribution in [0.2, 0.25) is 0 Å². The summed E-state index contributed by atoms with van der Waals surface area (Å²) in [6, 6.07) is 161. The van der Waals surface area contributed by atoms with Gasteiger partial charge in [-0.15, -0.1) is 0 Å². The molecule has 20 rings (SSSR count). The van der Waals surface area contributed by atoms with E-state index in [4.69, 9.17) is 0 Å². The molecule has 0 atom stereocenters. The van der Waals surface area contributed by atoms with E-state index in [1.807, 2.05) is 36.4 Å². The number of rotatable bonds is 12. The summed E-state index contributed by atoms with van der Waals surface area (Å²) in [4.78, 5) is 6.85. The summed E-state index contributed by atoms with van der Waals surface area (Å²) >= 11 is 0. The third-order valence-corrected chi connectivity index (χ3v) is 21.7. The molecule has 0 aliphatic carbocycles. The van der Waals surface area contributed by atoms with Crippen molar-refractivity contribution in [3.05, 3.63) is 455 Å². The summed E-state index contributed by atoms with van der Waals surface area (Å²) in [5.74, 6) is 1.67. The van der Waals surface area contributed by atoms with Crippen LogP contribution in [0.5, 0.6) is 0 Å². The van der Waals surface area contributed by atoms with Gasteiger partial charge in [-0.1, -0.05) is 363 Å². The Labute approximate surface area is 763 Å². The van der Waals surface area contributed by atoms with E-state index in [-0.39, 0.29) is 5.54 Å². The molecule has 6 heteroatoms. The van der Waals surface area contributed by atoms with E-state index in [1.165, 1.54) is 138 Å². The average Bonchev–Trinajstić information content (AvgIpc) is 1.58. The largest absolute Gasteiger partial charge is 0.370 e. The van der Waals surface area contributed by atoms with Gasteiger partial charge >= 0.3 is 0 Å². The third-order valence-electron chi connectivity index (χ3n) is 21.7. The minimum absolute atomic E-state index is 0.196. The summed E-state index contributed by atoms with van der Waals surface area (Å²) in [7, 11) is 2.12. The zero-order valence-corrected chi connectivity index (χ0v) is 77.9. The van der Waals surface area contributed by atoms with E-state index < -0.39 is 0 Å². The smallest absolute Gasteiger partial charge is 0.0541 e. The average molecular weight is 1680 g/mol. The molecule has 0 spiro atoms. The molecule has 0 saturated carbocycles. The number of aromatic nitrogens is 3. The SMILES string of the molecule is CC(C)C.CC(C)C.CC(C)N(c1ccccc1)c1ccccc1.CC(C)n1c2ccc(-c3ccccc3)cc2c2cc(-c3ccccc3)ccc21.CC(C)n1c2ccccc2c2ccccc21.CN(c1ccccc1)C(C)(C)C.c1ccc(-n2c3ccccc3c3ccccc32)cc1.c1ccc(N(c2ccccc2)c2ccccc2)cc1.c1ccc2ccccc2c1.